The van der Waals surface area contributed by atoms with Crippen LogP contribution in [0.4, 0.5) is 5.69 Å². The molecule has 0 bridgehead atoms. The molecule has 2 N–H and O–H groups in total. The highest BCUT2D eigenvalue weighted by atomic mass is 32.2. The van der Waals surface area contributed by atoms with Gasteiger partial charge in [-0.25, -0.2) is 0 Å². The highest BCUT2D eigenvalue weighted by molar-refractivity contribution is 7.98. The van der Waals surface area contributed by atoms with Crippen molar-refractivity contribution >= 4 is 23.0 Å². The van der Waals surface area contributed by atoms with Crippen molar-refractivity contribution in [2.45, 2.75) is 17.6 Å². The van der Waals surface area contributed by atoms with Crippen molar-refractivity contribution in [3.63, 3.8) is 0 Å². The third kappa shape index (κ3) is 2.61. The molecule has 3 nitrogen and oxygen atoms in total. The number of aryl methyl sites for hydroxylation is 1. The van der Waals surface area contributed by atoms with Crippen molar-refractivity contribution in [3.8, 4) is 6.07 Å². The van der Waals surface area contributed by atoms with Gasteiger partial charge in [-0.15, -0.1) is 11.8 Å². The molecule has 0 fully saturated rings. The largest absolute Gasteiger partial charge is 0.399 e. The molecule has 0 unspecified atom stereocenters. The van der Waals surface area contributed by atoms with Crippen LogP contribution in [-0.2, 0) is 5.75 Å². The number of rotatable bonds is 3. The fraction of sp³-hybridized carbons (Fsp3) is 0.118. The number of nitrogens with two attached hydrogens (primary N) is 1. The number of fused-ring (bicyclic) bond motifs is 1. The summed E-state index contributed by atoms with van der Waals surface area (Å²) in [6, 6.07) is 14.1. The molecule has 0 amide bonds. The maximum Gasteiger partial charge on any atom is 0.102 e. The Morgan fingerprint density at radius 2 is 2.14 bits per heavy atom. The number of nitrogens with zero attached hydrogens (tertiary/aromatic N) is 2. The van der Waals surface area contributed by atoms with Crippen molar-refractivity contribution < 1.29 is 0 Å². The molecule has 0 radical (unpaired) electrons. The quantitative estimate of drug-likeness (QED) is 0.586. The zero-order valence-electron chi connectivity index (χ0n) is 11.7. The van der Waals surface area contributed by atoms with Crippen LogP contribution in [0.5, 0.6) is 0 Å². The van der Waals surface area contributed by atoms with E-state index in [1.54, 1.807) is 11.8 Å². The SMILES string of the molecule is Cc1ccc(N)cc1SCc1cn2ccccc2c1C#N. The summed E-state index contributed by atoms with van der Waals surface area (Å²) in [5.74, 6) is 0.759. The predicted molar refractivity (Wildman–Crippen MR) is 87.3 cm³/mol. The zero-order chi connectivity index (χ0) is 14.8. The molecule has 0 aliphatic rings. The fourth-order valence-corrected chi connectivity index (χ4v) is 3.39. The van der Waals surface area contributed by atoms with Gasteiger partial charge in [-0.1, -0.05) is 12.1 Å². The molecular formula is C17H15N3S. The first kappa shape index (κ1) is 13.6. The second-order valence-electron chi connectivity index (χ2n) is 4.95. The Bertz CT molecular complexity index is 843. The third-order valence-corrected chi connectivity index (χ3v) is 4.68. The van der Waals surface area contributed by atoms with Crippen LogP contribution < -0.4 is 5.73 Å². The maximum absolute atomic E-state index is 9.41. The van der Waals surface area contributed by atoms with Crippen LogP contribution in [0.15, 0.2) is 53.7 Å². The minimum absolute atomic E-state index is 0.754. The molecule has 0 aliphatic heterocycles. The lowest BCUT2D eigenvalue weighted by Crippen LogP contribution is -1.88. The van der Waals surface area contributed by atoms with Gasteiger partial charge in [-0.3, -0.25) is 0 Å². The normalized spacial score (nSPS) is 10.7. The molecule has 0 saturated carbocycles. The van der Waals surface area contributed by atoms with Gasteiger partial charge >= 0.3 is 0 Å². The first-order chi connectivity index (χ1) is 10.2. The summed E-state index contributed by atoms with van der Waals surface area (Å²) in [6.45, 7) is 2.07. The smallest absolute Gasteiger partial charge is 0.102 e. The first-order valence-electron chi connectivity index (χ1n) is 6.66. The lowest BCUT2D eigenvalue weighted by atomic mass is 10.2. The minimum atomic E-state index is 0.754. The van der Waals surface area contributed by atoms with E-state index >= 15 is 0 Å². The number of pyridine rings is 1. The molecular weight excluding hydrogens is 278 g/mol. The molecule has 4 heteroatoms. The number of nitrogen functional groups attached to an aromatic ring is 1. The molecule has 21 heavy (non-hydrogen) atoms. The van der Waals surface area contributed by atoms with Crippen LogP contribution in [0, 0.1) is 18.3 Å². The van der Waals surface area contributed by atoms with Gasteiger partial charge < -0.3 is 10.1 Å². The van der Waals surface area contributed by atoms with Crippen molar-refractivity contribution in [2.75, 3.05) is 5.73 Å². The van der Waals surface area contributed by atoms with Gasteiger partial charge in [0.15, 0.2) is 0 Å². The summed E-state index contributed by atoms with van der Waals surface area (Å²) in [7, 11) is 0. The molecule has 2 heterocycles. The average Bonchev–Trinajstić information content (AvgIpc) is 2.85. The Kier molecular flexibility index (Phi) is 3.59. The second-order valence-corrected chi connectivity index (χ2v) is 5.97. The minimum Gasteiger partial charge on any atom is -0.399 e. The Labute approximate surface area is 128 Å². The van der Waals surface area contributed by atoms with E-state index in [9.17, 15) is 5.26 Å². The number of hydrogen-bond donors (Lipinski definition) is 1. The average molecular weight is 293 g/mol. The zero-order valence-corrected chi connectivity index (χ0v) is 12.5. The summed E-state index contributed by atoms with van der Waals surface area (Å²) in [4.78, 5) is 1.16. The van der Waals surface area contributed by atoms with E-state index in [1.807, 2.05) is 53.2 Å². The summed E-state index contributed by atoms with van der Waals surface area (Å²) in [5.41, 5.74) is 10.6. The molecule has 3 aromatic rings. The molecule has 0 atom stereocenters. The van der Waals surface area contributed by atoms with E-state index in [2.05, 4.69) is 13.0 Å². The van der Waals surface area contributed by atoms with Gasteiger partial charge in [0.25, 0.3) is 0 Å². The molecule has 1 aromatic carbocycles. The Morgan fingerprint density at radius 1 is 1.29 bits per heavy atom. The first-order valence-corrected chi connectivity index (χ1v) is 7.65. The van der Waals surface area contributed by atoms with E-state index in [0.717, 1.165) is 33.0 Å². The molecule has 0 spiro atoms. The number of anilines is 1. The summed E-state index contributed by atoms with van der Waals surface area (Å²) in [5, 5.41) is 9.41. The van der Waals surface area contributed by atoms with Crippen molar-refractivity contribution in [1.82, 2.24) is 4.40 Å². The highest BCUT2D eigenvalue weighted by Crippen LogP contribution is 2.30. The number of thioether (sulfide) groups is 1. The fourth-order valence-electron chi connectivity index (χ4n) is 2.34. The van der Waals surface area contributed by atoms with Crippen LogP contribution in [0.3, 0.4) is 0 Å². The van der Waals surface area contributed by atoms with Crippen LogP contribution >= 0.6 is 11.8 Å². The van der Waals surface area contributed by atoms with Crippen LogP contribution in [0.1, 0.15) is 16.7 Å². The standard InChI is InChI=1S/C17H15N3S/c1-12-5-6-14(19)8-17(12)21-11-13-10-20-7-3-2-4-16(20)15(13)9-18/h2-8,10H,11,19H2,1H3. The van der Waals surface area contributed by atoms with Crippen LogP contribution in [-0.4, -0.2) is 4.40 Å². The summed E-state index contributed by atoms with van der Waals surface area (Å²) < 4.78 is 2.00. The molecule has 3 rings (SSSR count). The molecule has 2 aromatic heterocycles. The molecule has 104 valence electrons. The lowest BCUT2D eigenvalue weighted by molar-refractivity contribution is 1.18. The van der Waals surface area contributed by atoms with Gasteiger partial charge in [-0.2, -0.15) is 5.26 Å². The Hall–Kier alpha value is -2.38. The summed E-state index contributed by atoms with van der Waals surface area (Å²) in [6.07, 6.45) is 4.00. The number of hydrogen-bond acceptors (Lipinski definition) is 3. The van der Waals surface area contributed by atoms with E-state index in [0.29, 0.717) is 0 Å². The van der Waals surface area contributed by atoms with Gasteiger partial charge in [0, 0.05) is 28.7 Å². The molecule has 0 aliphatic carbocycles. The summed E-state index contributed by atoms with van der Waals surface area (Å²) >= 11 is 1.71. The van der Waals surface area contributed by atoms with Crippen LogP contribution in [0.2, 0.25) is 0 Å². The van der Waals surface area contributed by atoms with Gasteiger partial charge in [-0.05, 0) is 42.3 Å². The van der Waals surface area contributed by atoms with E-state index in [1.165, 1.54) is 5.56 Å². The Balaban J connectivity index is 1.92. The van der Waals surface area contributed by atoms with Gasteiger partial charge in [0.05, 0.1) is 11.1 Å². The number of benzene rings is 1. The van der Waals surface area contributed by atoms with Crippen molar-refractivity contribution in [1.29, 1.82) is 5.26 Å². The van der Waals surface area contributed by atoms with Crippen molar-refractivity contribution in [2.24, 2.45) is 0 Å². The maximum atomic E-state index is 9.41. The highest BCUT2D eigenvalue weighted by Gasteiger charge is 2.10. The number of nitriles is 1. The third-order valence-electron chi connectivity index (χ3n) is 3.47. The molecule has 0 saturated heterocycles. The second kappa shape index (κ2) is 5.55. The Morgan fingerprint density at radius 3 is 2.95 bits per heavy atom. The van der Waals surface area contributed by atoms with Gasteiger partial charge in [0.1, 0.15) is 6.07 Å². The predicted octanol–water partition coefficient (Wildman–Crippen LogP) is 3.99. The van der Waals surface area contributed by atoms with Crippen LogP contribution in [0.25, 0.3) is 5.52 Å². The number of aromatic nitrogens is 1. The van der Waals surface area contributed by atoms with Crippen molar-refractivity contribution in [3.05, 3.63) is 65.5 Å². The van der Waals surface area contributed by atoms with E-state index in [4.69, 9.17) is 5.73 Å². The van der Waals surface area contributed by atoms with E-state index < -0.39 is 0 Å². The monoisotopic (exact) mass is 293 g/mol. The topological polar surface area (TPSA) is 54.2 Å². The van der Waals surface area contributed by atoms with E-state index in [-0.39, 0.29) is 0 Å². The lowest BCUT2D eigenvalue weighted by Gasteiger charge is -2.06. The van der Waals surface area contributed by atoms with Gasteiger partial charge in [0.2, 0.25) is 0 Å².